The SMILES string of the molecule is CC1CCCCC12CC(=O)NN2C(=O)c1ccc(C(=O)O)cc1. The van der Waals surface area contributed by atoms with E-state index in [4.69, 9.17) is 5.11 Å². The molecule has 2 N–H and O–H groups in total. The third-order valence-corrected chi connectivity index (χ3v) is 5.14. The fourth-order valence-electron chi connectivity index (χ4n) is 3.76. The van der Waals surface area contributed by atoms with Crippen molar-refractivity contribution in [3.8, 4) is 0 Å². The van der Waals surface area contributed by atoms with Crippen molar-refractivity contribution in [2.24, 2.45) is 5.92 Å². The van der Waals surface area contributed by atoms with Crippen molar-refractivity contribution in [1.82, 2.24) is 10.4 Å². The number of hydrogen-bond acceptors (Lipinski definition) is 3. The molecule has 0 bridgehead atoms. The topological polar surface area (TPSA) is 86.7 Å². The van der Waals surface area contributed by atoms with E-state index in [2.05, 4.69) is 12.3 Å². The molecule has 6 heteroatoms. The van der Waals surface area contributed by atoms with E-state index in [0.717, 1.165) is 25.7 Å². The minimum absolute atomic E-state index is 0.130. The number of nitrogens with one attached hydrogen (secondary N) is 1. The van der Waals surface area contributed by atoms with E-state index < -0.39 is 11.5 Å². The zero-order chi connectivity index (χ0) is 16.6. The smallest absolute Gasteiger partial charge is 0.335 e. The summed E-state index contributed by atoms with van der Waals surface area (Å²) in [7, 11) is 0. The normalized spacial score (nSPS) is 27.1. The van der Waals surface area contributed by atoms with Gasteiger partial charge in [0.05, 0.1) is 17.5 Å². The first kappa shape index (κ1) is 15.5. The van der Waals surface area contributed by atoms with E-state index in [1.165, 1.54) is 29.3 Å². The summed E-state index contributed by atoms with van der Waals surface area (Å²) in [5, 5.41) is 10.4. The summed E-state index contributed by atoms with van der Waals surface area (Å²) in [6.45, 7) is 2.09. The Morgan fingerprint density at radius 1 is 1.22 bits per heavy atom. The molecule has 2 fully saturated rings. The van der Waals surface area contributed by atoms with E-state index >= 15 is 0 Å². The predicted molar refractivity (Wildman–Crippen MR) is 82.7 cm³/mol. The number of hydrazine groups is 1. The van der Waals surface area contributed by atoms with E-state index in [1.807, 2.05) is 0 Å². The second-order valence-corrected chi connectivity index (χ2v) is 6.49. The molecule has 2 aliphatic rings. The van der Waals surface area contributed by atoms with E-state index in [0.29, 0.717) is 12.0 Å². The molecule has 1 aliphatic carbocycles. The molecule has 1 heterocycles. The zero-order valence-corrected chi connectivity index (χ0v) is 13.0. The second-order valence-electron chi connectivity index (χ2n) is 6.49. The maximum Gasteiger partial charge on any atom is 0.335 e. The average molecular weight is 316 g/mol. The molecule has 23 heavy (non-hydrogen) atoms. The highest BCUT2D eigenvalue weighted by atomic mass is 16.4. The molecule has 1 saturated carbocycles. The molecule has 2 atom stereocenters. The molecular formula is C17H20N2O4. The minimum Gasteiger partial charge on any atom is -0.478 e. The summed E-state index contributed by atoms with van der Waals surface area (Å²) < 4.78 is 0. The Balaban J connectivity index is 1.90. The lowest BCUT2D eigenvalue weighted by Crippen LogP contribution is -2.56. The van der Waals surface area contributed by atoms with Crippen LogP contribution in [0.25, 0.3) is 0 Å². The van der Waals surface area contributed by atoms with Crippen molar-refractivity contribution < 1.29 is 19.5 Å². The molecule has 2 amide bonds. The van der Waals surface area contributed by atoms with Gasteiger partial charge in [-0.15, -0.1) is 0 Å². The number of benzene rings is 1. The van der Waals surface area contributed by atoms with Crippen LogP contribution in [0.2, 0.25) is 0 Å². The van der Waals surface area contributed by atoms with Crippen LogP contribution in [0.4, 0.5) is 0 Å². The first-order valence-corrected chi connectivity index (χ1v) is 7.91. The average Bonchev–Trinajstić information content (AvgIpc) is 2.87. The molecule has 1 aliphatic heterocycles. The van der Waals surface area contributed by atoms with Gasteiger partial charge >= 0.3 is 5.97 Å². The fourth-order valence-corrected chi connectivity index (χ4v) is 3.76. The summed E-state index contributed by atoms with van der Waals surface area (Å²) in [6.07, 6.45) is 4.27. The summed E-state index contributed by atoms with van der Waals surface area (Å²) >= 11 is 0. The highest BCUT2D eigenvalue weighted by Crippen LogP contribution is 2.43. The lowest BCUT2D eigenvalue weighted by Gasteiger charge is -2.44. The van der Waals surface area contributed by atoms with Crippen LogP contribution < -0.4 is 5.43 Å². The van der Waals surface area contributed by atoms with Crippen LogP contribution >= 0.6 is 0 Å². The van der Waals surface area contributed by atoms with Gasteiger partial charge in [0.2, 0.25) is 5.91 Å². The monoisotopic (exact) mass is 316 g/mol. The molecule has 122 valence electrons. The van der Waals surface area contributed by atoms with Gasteiger partial charge in [-0.3, -0.25) is 15.0 Å². The van der Waals surface area contributed by atoms with Crippen molar-refractivity contribution in [3.63, 3.8) is 0 Å². The number of carbonyl (C=O) groups is 3. The van der Waals surface area contributed by atoms with Gasteiger partial charge in [-0.25, -0.2) is 9.80 Å². The quantitative estimate of drug-likeness (QED) is 0.876. The molecule has 0 radical (unpaired) electrons. The standard InChI is InChI=1S/C17H20N2O4/c1-11-4-2-3-9-17(11)10-14(20)18-19(17)15(21)12-5-7-13(8-6-12)16(22)23/h5-8,11H,2-4,9-10H2,1H3,(H,18,20)(H,22,23). The van der Waals surface area contributed by atoms with E-state index in [1.54, 1.807) is 0 Å². The summed E-state index contributed by atoms with van der Waals surface area (Å²) in [5.41, 5.74) is 2.76. The van der Waals surface area contributed by atoms with Gasteiger partial charge in [-0.05, 0) is 43.0 Å². The molecule has 2 unspecified atom stereocenters. The summed E-state index contributed by atoms with van der Waals surface area (Å²) in [6, 6.07) is 5.81. The van der Waals surface area contributed by atoms with Gasteiger partial charge in [0, 0.05) is 5.56 Å². The van der Waals surface area contributed by atoms with Crippen LogP contribution in [0.1, 0.15) is 59.7 Å². The zero-order valence-electron chi connectivity index (χ0n) is 13.0. The van der Waals surface area contributed by atoms with Crippen molar-refractivity contribution in [2.75, 3.05) is 0 Å². The lowest BCUT2D eigenvalue weighted by atomic mass is 9.72. The first-order chi connectivity index (χ1) is 10.9. The number of rotatable bonds is 2. The molecule has 1 aromatic carbocycles. The molecule has 3 rings (SSSR count). The molecule has 1 spiro atoms. The number of carbonyl (C=O) groups excluding carboxylic acids is 2. The molecular weight excluding hydrogens is 296 g/mol. The Hall–Kier alpha value is -2.37. The van der Waals surface area contributed by atoms with Gasteiger partial charge in [-0.2, -0.15) is 0 Å². The summed E-state index contributed by atoms with van der Waals surface area (Å²) in [5.74, 6) is -1.19. The first-order valence-electron chi connectivity index (χ1n) is 7.91. The van der Waals surface area contributed by atoms with Crippen molar-refractivity contribution in [2.45, 2.75) is 44.6 Å². The summed E-state index contributed by atoms with van der Waals surface area (Å²) in [4.78, 5) is 35.7. The van der Waals surface area contributed by atoms with Crippen molar-refractivity contribution >= 4 is 17.8 Å². The van der Waals surface area contributed by atoms with Gasteiger partial charge in [0.25, 0.3) is 5.91 Å². The Kier molecular flexibility index (Phi) is 3.83. The maximum absolute atomic E-state index is 12.9. The van der Waals surface area contributed by atoms with Gasteiger partial charge in [0.15, 0.2) is 0 Å². The number of aromatic carboxylic acids is 1. The second kappa shape index (κ2) is 5.68. The Bertz CT molecular complexity index is 655. The highest BCUT2D eigenvalue weighted by Gasteiger charge is 2.52. The Labute approximate surface area is 134 Å². The van der Waals surface area contributed by atoms with Crippen LogP contribution in [0.15, 0.2) is 24.3 Å². The molecule has 1 saturated heterocycles. The maximum atomic E-state index is 12.9. The largest absolute Gasteiger partial charge is 0.478 e. The van der Waals surface area contributed by atoms with Gasteiger partial charge < -0.3 is 5.11 Å². The Morgan fingerprint density at radius 3 is 2.48 bits per heavy atom. The van der Waals surface area contributed by atoms with Crippen LogP contribution in [0, 0.1) is 5.92 Å². The predicted octanol–water partition coefficient (Wildman–Crippen LogP) is 2.21. The van der Waals surface area contributed by atoms with Gasteiger partial charge in [0.1, 0.15) is 0 Å². The van der Waals surface area contributed by atoms with Crippen LogP contribution in [0.5, 0.6) is 0 Å². The lowest BCUT2D eigenvalue weighted by molar-refractivity contribution is -0.120. The minimum atomic E-state index is -1.03. The number of amides is 2. The van der Waals surface area contributed by atoms with Crippen LogP contribution in [-0.2, 0) is 4.79 Å². The number of nitrogens with zero attached hydrogens (tertiary/aromatic N) is 1. The molecule has 6 nitrogen and oxygen atoms in total. The third-order valence-electron chi connectivity index (χ3n) is 5.14. The Morgan fingerprint density at radius 2 is 1.87 bits per heavy atom. The van der Waals surface area contributed by atoms with Crippen molar-refractivity contribution in [3.05, 3.63) is 35.4 Å². The highest BCUT2D eigenvalue weighted by molar-refractivity contribution is 5.99. The number of hydrogen-bond donors (Lipinski definition) is 2. The molecule has 1 aromatic rings. The van der Waals surface area contributed by atoms with Crippen LogP contribution in [-0.4, -0.2) is 33.4 Å². The fraction of sp³-hybridized carbons (Fsp3) is 0.471. The third kappa shape index (κ3) is 2.58. The molecule has 0 aromatic heterocycles. The van der Waals surface area contributed by atoms with Crippen molar-refractivity contribution in [1.29, 1.82) is 0 Å². The van der Waals surface area contributed by atoms with Crippen LogP contribution in [0.3, 0.4) is 0 Å². The van der Waals surface area contributed by atoms with E-state index in [-0.39, 0.29) is 23.3 Å². The number of carboxylic acid groups (broad SMARTS) is 1. The van der Waals surface area contributed by atoms with E-state index in [9.17, 15) is 14.4 Å². The van der Waals surface area contributed by atoms with Gasteiger partial charge in [-0.1, -0.05) is 19.8 Å². The number of carboxylic acids is 1.